The normalized spacial score (nSPS) is 10.1. The topological polar surface area (TPSA) is 52.3 Å². The molecule has 4 heteroatoms. The summed E-state index contributed by atoms with van der Waals surface area (Å²) in [6, 6.07) is 7.54. The number of carbonyl (C=O) groups is 1. The highest BCUT2D eigenvalue weighted by atomic mass is 32.2. The lowest BCUT2D eigenvalue weighted by Crippen LogP contribution is -2.02. The van der Waals surface area contributed by atoms with Gasteiger partial charge in [0.25, 0.3) is 0 Å². The minimum Gasteiger partial charge on any atom is -0.465 e. The summed E-state index contributed by atoms with van der Waals surface area (Å²) in [6.07, 6.45) is 1.03. The van der Waals surface area contributed by atoms with Gasteiger partial charge in [0.2, 0.25) is 0 Å². The summed E-state index contributed by atoms with van der Waals surface area (Å²) in [7, 11) is 1.39. The van der Waals surface area contributed by atoms with Crippen molar-refractivity contribution in [3.63, 3.8) is 0 Å². The maximum Gasteiger partial charge on any atom is 0.337 e. The molecule has 0 bridgehead atoms. The van der Waals surface area contributed by atoms with E-state index in [0.717, 1.165) is 30.0 Å². The molecule has 0 aromatic heterocycles. The summed E-state index contributed by atoms with van der Waals surface area (Å²) >= 11 is 1.83. The molecule has 0 atom stereocenters. The van der Waals surface area contributed by atoms with E-state index in [1.165, 1.54) is 7.11 Å². The van der Waals surface area contributed by atoms with E-state index in [0.29, 0.717) is 5.56 Å². The molecule has 88 valence electrons. The molecule has 1 rings (SSSR count). The Hall–Kier alpha value is -1.00. The zero-order valence-corrected chi connectivity index (χ0v) is 10.3. The number of rotatable bonds is 6. The van der Waals surface area contributed by atoms with Crippen LogP contribution < -0.4 is 5.73 Å². The number of methoxy groups -OCH3 is 1. The van der Waals surface area contributed by atoms with Crippen molar-refractivity contribution in [3.05, 3.63) is 35.4 Å². The van der Waals surface area contributed by atoms with Crippen molar-refractivity contribution in [3.8, 4) is 0 Å². The van der Waals surface area contributed by atoms with Crippen molar-refractivity contribution in [1.29, 1.82) is 0 Å². The first-order valence-electron chi connectivity index (χ1n) is 5.23. The van der Waals surface area contributed by atoms with Gasteiger partial charge < -0.3 is 10.5 Å². The second-order valence-corrected chi connectivity index (χ2v) is 4.49. The first-order valence-corrected chi connectivity index (χ1v) is 6.38. The Balaban J connectivity index is 2.50. The number of benzene rings is 1. The molecule has 16 heavy (non-hydrogen) atoms. The SMILES string of the molecule is COC(=O)c1cccc(CSCCCN)c1. The number of carbonyl (C=O) groups excluding carboxylic acids is 1. The number of esters is 1. The molecule has 0 radical (unpaired) electrons. The van der Waals surface area contributed by atoms with Gasteiger partial charge in [-0.25, -0.2) is 4.79 Å². The Morgan fingerprint density at radius 2 is 2.31 bits per heavy atom. The second kappa shape index (κ2) is 7.30. The van der Waals surface area contributed by atoms with Crippen LogP contribution in [0.4, 0.5) is 0 Å². The fourth-order valence-corrected chi connectivity index (χ4v) is 2.21. The van der Waals surface area contributed by atoms with Crippen LogP contribution in [-0.4, -0.2) is 25.4 Å². The van der Waals surface area contributed by atoms with Gasteiger partial charge in [0, 0.05) is 5.75 Å². The van der Waals surface area contributed by atoms with Gasteiger partial charge in [-0.3, -0.25) is 0 Å². The summed E-state index contributed by atoms with van der Waals surface area (Å²) in [4.78, 5) is 11.3. The van der Waals surface area contributed by atoms with Gasteiger partial charge in [-0.15, -0.1) is 0 Å². The number of nitrogens with two attached hydrogens (primary N) is 1. The summed E-state index contributed by atoms with van der Waals surface area (Å²) in [5, 5.41) is 0. The summed E-state index contributed by atoms with van der Waals surface area (Å²) < 4.78 is 4.67. The Labute approximate surface area is 100 Å². The third kappa shape index (κ3) is 4.24. The molecule has 0 saturated heterocycles. The molecule has 1 aromatic carbocycles. The van der Waals surface area contributed by atoms with Crippen molar-refractivity contribution in [2.45, 2.75) is 12.2 Å². The van der Waals surface area contributed by atoms with Gasteiger partial charge in [-0.1, -0.05) is 12.1 Å². The van der Waals surface area contributed by atoms with Crippen molar-refractivity contribution in [2.24, 2.45) is 5.73 Å². The van der Waals surface area contributed by atoms with Crippen LogP contribution in [0.15, 0.2) is 24.3 Å². The molecule has 0 aliphatic rings. The van der Waals surface area contributed by atoms with Crippen molar-refractivity contribution < 1.29 is 9.53 Å². The minimum atomic E-state index is -0.284. The van der Waals surface area contributed by atoms with Gasteiger partial charge in [0.05, 0.1) is 12.7 Å². The zero-order chi connectivity index (χ0) is 11.8. The van der Waals surface area contributed by atoms with Gasteiger partial charge in [-0.05, 0) is 36.4 Å². The van der Waals surface area contributed by atoms with E-state index in [-0.39, 0.29) is 5.97 Å². The van der Waals surface area contributed by atoms with E-state index < -0.39 is 0 Å². The summed E-state index contributed by atoms with van der Waals surface area (Å²) in [5.74, 6) is 1.68. The smallest absolute Gasteiger partial charge is 0.337 e. The first kappa shape index (κ1) is 13.1. The fraction of sp³-hybridized carbons (Fsp3) is 0.417. The van der Waals surface area contributed by atoms with E-state index in [9.17, 15) is 4.79 Å². The highest BCUT2D eigenvalue weighted by Gasteiger charge is 2.05. The Morgan fingerprint density at radius 3 is 3.00 bits per heavy atom. The minimum absolute atomic E-state index is 0.284. The summed E-state index contributed by atoms with van der Waals surface area (Å²) in [5.41, 5.74) is 7.17. The first-order chi connectivity index (χ1) is 7.77. The van der Waals surface area contributed by atoms with Crippen molar-refractivity contribution >= 4 is 17.7 Å². The number of ether oxygens (including phenoxy) is 1. The van der Waals surface area contributed by atoms with Crippen LogP contribution in [0, 0.1) is 0 Å². The van der Waals surface area contributed by atoms with Crippen LogP contribution in [0.5, 0.6) is 0 Å². The number of hydrogen-bond acceptors (Lipinski definition) is 4. The average Bonchev–Trinajstić information content (AvgIpc) is 2.34. The van der Waals surface area contributed by atoms with E-state index in [2.05, 4.69) is 4.74 Å². The van der Waals surface area contributed by atoms with Crippen molar-refractivity contribution in [2.75, 3.05) is 19.4 Å². The molecule has 3 nitrogen and oxygen atoms in total. The maximum atomic E-state index is 11.3. The lowest BCUT2D eigenvalue weighted by molar-refractivity contribution is 0.0600. The van der Waals surface area contributed by atoms with Crippen LogP contribution >= 0.6 is 11.8 Å². The van der Waals surface area contributed by atoms with Crippen LogP contribution in [0.25, 0.3) is 0 Å². The fourth-order valence-electron chi connectivity index (χ4n) is 1.28. The quantitative estimate of drug-likeness (QED) is 0.610. The van der Waals surface area contributed by atoms with E-state index in [4.69, 9.17) is 5.73 Å². The van der Waals surface area contributed by atoms with E-state index in [1.54, 1.807) is 6.07 Å². The Bertz CT molecular complexity index is 342. The predicted molar refractivity (Wildman–Crippen MR) is 67.6 cm³/mol. The van der Waals surface area contributed by atoms with Gasteiger partial charge >= 0.3 is 5.97 Å². The Kier molecular flexibility index (Phi) is 5.96. The standard InChI is InChI=1S/C12H17NO2S/c1-15-12(14)11-5-2-4-10(8-11)9-16-7-3-6-13/h2,4-5,8H,3,6-7,9,13H2,1H3. The molecule has 0 unspecified atom stereocenters. The molecule has 0 fully saturated rings. The third-order valence-corrected chi connectivity index (χ3v) is 3.22. The highest BCUT2D eigenvalue weighted by molar-refractivity contribution is 7.98. The number of thioether (sulfide) groups is 1. The van der Waals surface area contributed by atoms with Crippen molar-refractivity contribution in [1.82, 2.24) is 0 Å². The molecule has 0 aliphatic heterocycles. The van der Waals surface area contributed by atoms with Gasteiger partial charge in [-0.2, -0.15) is 11.8 Å². The van der Waals surface area contributed by atoms with Crippen LogP contribution in [0.2, 0.25) is 0 Å². The molecule has 1 aromatic rings. The predicted octanol–water partition coefficient (Wildman–Crippen LogP) is 2.06. The van der Waals surface area contributed by atoms with Crippen LogP contribution in [-0.2, 0) is 10.5 Å². The Morgan fingerprint density at radius 1 is 1.50 bits per heavy atom. The second-order valence-electron chi connectivity index (χ2n) is 3.39. The van der Waals surface area contributed by atoms with Gasteiger partial charge in [0.1, 0.15) is 0 Å². The van der Waals surface area contributed by atoms with E-state index in [1.807, 2.05) is 30.0 Å². The molecule has 2 N–H and O–H groups in total. The molecule has 0 saturated carbocycles. The van der Waals surface area contributed by atoms with Crippen LogP contribution in [0.1, 0.15) is 22.3 Å². The molecule has 0 heterocycles. The molecule has 0 amide bonds. The molecular formula is C12H17NO2S. The van der Waals surface area contributed by atoms with Crippen LogP contribution in [0.3, 0.4) is 0 Å². The lowest BCUT2D eigenvalue weighted by atomic mass is 10.1. The maximum absolute atomic E-state index is 11.3. The monoisotopic (exact) mass is 239 g/mol. The van der Waals surface area contributed by atoms with E-state index >= 15 is 0 Å². The largest absolute Gasteiger partial charge is 0.465 e. The highest BCUT2D eigenvalue weighted by Crippen LogP contribution is 2.14. The zero-order valence-electron chi connectivity index (χ0n) is 9.44. The number of hydrogen-bond donors (Lipinski definition) is 1. The molecule has 0 aliphatic carbocycles. The summed E-state index contributed by atoms with van der Waals surface area (Å²) in [6.45, 7) is 0.731. The third-order valence-electron chi connectivity index (χ3n) is 2.11. The molecule has 0 spiro atoms. The lowest BCUT2D eigenvalue weighted by Gasteiger charge is -2.03. The molecular weight excluding hydrogens is 222 g/mol. The average molecular weight is 239 g/mol. The van der Waals surface area contributed by atoms with Gasteiger partial charge in [0.15, 0.2) is 0 Å².